The van der Waals surface area contributed by atoms with Crippen LogP contribution in [0.4, 0.5) is 0 Å². The molecule has 6 heteroatoms. The molecule has 0 saturated heterocycles. The number of carbonyl (C=O) groups is 1. The Balaban J connectivity index is 2.38. The normalized spacial score (nSPS) is 15.3. The lowest BCUT2D eigenvalue weighted by Crippen LogP contribution is -2.35. The van der Waals surface area contributed by atoms with Crippen LogP contribution in [0.5, 0.6) is 0 Å². The van der Waals surface area contributed by atoms with Crippen molar-refractivity contribution >= 4 is 15.9 Å². The molecule has 1 aromatic carbocycles. The molecule has 0 atom stereocenters. The van der Waals surface area contributed by atoms with Gasteiger partial charge in [0.15, 0.2) is 0 Å². The highest BCUT2D eigenvalue weighted by atomic mass is 32.2. The minimum atomic E-state index is -3.88. The third-order valence-electron chi connectivity index (χ3n) is 3.14. The summed E-state index contributed by atoms with van der Waals surface area (Å²) in [7, 11) is -3.88. The molecule has 0 aromatic heterocycles. The molecule has 5 nitrogen and oxygen atoms in total. The van der Waals surface area contributed by atoms with Gasteiger partial charge in [0.05, 0.1) is 10.5 Å². The van der Waals surface area contributed by atoms with Gasteiger partial charge < -0.3 is 4.90 Å². The van der Waals surface area contributed by atoms with Gasteiger partial charge in [-0.3, -0.25) is 4.79 Å². The smallest absolute Gasteiger partial charge is 0.255 e. The van der Waals surface area contributed by atoms with Gasteiger partial charge in [-0.25, -0.2) is 13.6 Å². The van der Waals surface area contributed by atoms with Crippen LogP contribution < -0.4 is 5.14 Å². The summed E-state index contributed by atoms with van der Waals surface area (Å²) >= 11 is 0. The van der Waals surface area contributed by atoms with Crippen molar-refractivity contribution in [2.75, 3.05) is 6.54 Å². The third-order valence-corrected chi connectivity index (χ3v) is 4.11. The second kappa shape index (κ2) is 5.30. The first-order valence-corrected chi connectivity index (χ1v) is 7.92. The Labute approximate surface area is 113 Å². The minimum absolute atomic E-state index is 0.0956. The van der Waals surface area contributed by atoms with Crippen molar-refractivity contribution in [3.63, 3.8) is 0 Å². The van der Waals surface area contributed by atoms with Gasteiger partial charge in [-0.1, -0.05) is 19.1 Å². The van der Waals surface area contributed by atoms with Crippen LogP contribution in [0.15, 0.2) is 29.2 Å². The monoisotopic (exact) mass is 282 g/mol. The van der Waals surface area contributed by atoms with Gasteiger partial charge in [-0.2, -0.15) is 0 Å². The van der Waals surface area contributed by atoms with Crippen LogP contribution >= 0.6 is 0 Å². The van der Waals surface area contributed by atoms with Crippen molar-refractivity contribution in [1.82, 2.24) is 4.90 Å². The lowest BCUT2D eigenvalue weighted by atomic mass is 10.2. The molecule has 1 amide bonds. The van der Waals surface area contributed by atoms with Gasteiger partial charge in [0, 0.05) is 12.6 Å². The van der Waals surface area contributed by atoms with Crippen molar-refractivity contribution in [3.8, 4) is 0 Å². The number of rotatable bonds is 5. The summed E-state index contributed by atoms with van der Waals surface area (Å²) < 4.78 is 23.1. The highest BCUT2D eigenvalue weighted by Crippen LogP contribution is 2.29. The van der Waals surface area contributed by atoms with E-state index in [1.807, 2.05) is 6.92 Å². The zero-order chi connectivity index (χ0) is 14.0. The van der Waals surface area contributed by atoms with Gasteiger partial charge in [0.2, 0.25) is 10.0 Å². The van der Waals surface area contributed by atoms with E-state index in [0.717, 1.165) is 19.3 Å². The van der Waals surface area contributed by atoms with E-state index in [1.54, 1.807) is 17.0 Å². The standard InChI is InChI=1S/C13H18N2O3S/c1-2-9-15(10-7-8-10)13(16)11-5-3-4-6-12(11)19(14,17)18/h3-6,10H,2,7-9H2,1H3,(H2,14,17,18). The van der Waals surface area contributed by atoms with E-state index in [2.05, 4.69) is 0 Å². The maximum Gasteiger partial charge on any atom is 0.255 e. The lowest BCUT2D eigenvalue weighted by molar-refractivity contribution is 0.0739. The predicted octanol–water partition coefficient (Wildman–Crippen LogP) is 1.35. The molecule has 0 bridgehead atoms. The lowest BCUT2D eigenvalue weighted by Gasteiger charge is -2.22. The number of nitrogens with two attached hydrogens (primary N) is 1. The predicted molar refractivity (Wildman–Crippen MR) is 72.2 cm³/mol. The third kappa shape index (κ3) is 3.13. The van der Waals surface area contributed by atoms with E-state index >= 15 is 0 Å². The van der Waals surface area contributed by atoms with Crippen LogP contribution in [0.2, 0.25) is 0 Å². The van der Waals surface area contributed by atoms with Crippen LogP contribution in [-0.4, -0.2) is 31.8 Å². The summed E-state index contributed by atoms with van der Waals surface area (Å²) in [5.41, 5.74) is 0.172. The SMILES string of the molecule is CCCN(C(=O)c1ccccc1S(N)(=O)=O)C1CC1. The molecule has 1 saturated carbocycles. The second-order valence-corrected chi connectivity index (χ2v) is 6.30. The number of hydrogen-bond acceptors (Lipinski definition) is 3. The van der Waals surface area contributed by atoms with E-state index in [9.17, 15) is 13.2 Å². The van der Waals surface area contributed by atoms with Gasteiger partial charge in [-0.15, -0.1) is 0 Å². The van der Waals surface area contributed by atoms with E-state index in [0.29, 0.717) is 6.54 Å². The van der Waals surface area contributed by atoms with Crippen LogP contribution in [0, 0.1) is 0 Å². The molecule has 104 valence electrons. The highest BCUT2D eigenvalue weighted by molar-refractivity contribution is 7.89. The molecule has 0 heterocycles. The molecule has 0 unspecified atom stereocenters. The number of amides is 1. The van der Waals surface area contributed by atoms with Crippen LogP contribution in [0.1, 0.15) is 36.5 Å². The fourth-order valence-electron chi connectivity index (χ4n) is 2.12. The van der Waals surface area contributed by atoms with Crippen LogP contribution in [-0.2, 0) is 10.0 Å². The summed E-state index contributed by atoms with van der Waals surface area (Å²) in [6, 6.07) is 6.37. The quantitative estimate of drug-likeness (QED) is 0.885. The summed E-state index contributed by atoms with van der Waals surface area (Å²) in [6.45, 7) is 2.64. The Morgan fingerprint density at radius 1 is 1.37 bits per heavy atom. The van der Waals surface area contributed by atoms with Gasteiger partial charge in [0.1, 0.15) is 0 Å². The molecule has 0 radical (unpaired) electrons. The molecule has 2 N–H and O–H groups in total. The molecule has 0 spiro atoms. The summed E-state index contributed by atoms with van der Waals surface area (Å²) in [5.74, 6) is -0.242. The van der Waals surface area contributed by atoms with Gasteiger partial charge >= 0.3 is 0 Å². The zero-order valence-electron chi connectivity index (χ0n) is 10.9. The van der Waals surface area contributed by atoms with E-state index in [-0.39, 0.29) is 22.4 Å². The second-order valence-electron chi connectivity index (χ2n) is 4.77. The molecule has 1 aliphatic carbocycles. The van der Waals surface area contributed by atoms with Crippen molar-refractivity contribution in [2.45, 2.75) is 37.1 Å². The Morgan fingerprint density at radius 3 is 2.53 bits per heavy atom. The van der Waals surface area contributed by atoms with E-state index in [4.69, 9.17) is 5.14 Å². The Hall–Kier alpha value is -1.40. The van der Waals surface area contributed by atoms with Crippen molar-refractivity contribution in [3.05, 3.63) is 29.8 Å². The molecular weight excluding hydrogens is 264 g/mol. The molecule has 1 aromatic rings. The summed E-state index contributed by atoms with van der Waals surface area (Å²) in [4.78, 5) is 14.1. The first kappa shape index (κ1) is 14.0. The average Bonchev–Trinajstić information content (AvgIpc) is 3.18. The number of primary sulfonamides is 1. The summed E-state index contributed by atoms with van der Waals surface area (Å²) in [6.07, 6.45) is 2.83. The van der Waals surface area contributed by atoms with Crippen molar-refractivity contribution < 1.29 is 13.2 Å². The zero-order valence-corrected chi connectivity index (χ0v) is 11.7. The van der Waals surface area contributed by atoms with Crippen LogP contribution in [0.25, 0.3) is 0 Å². The fourth-order valence-corrected chi connectivity index (χ4v) is 2.85. The highest BCUT2D eigenvalue weighted by Gasteiger charge is 2.34. The van der Waals surface area contributed by atoms with Gasteiger partial charge in [-0.05, 0) is 31.4 Å². The largest absolute Gasteiger partial charge is 0.336 e. The van der Waals surface area contributed by atoms with Gasteiger partial charge in [0.25, 0.3) is 5.91 Å². The van der Waals surface area contributed by atoms with Crippen molar-refractivity contribution in [2.24, 2.45) is 5.14 Å². The topological polar surface area (TPSA) is 80.5 Å². The van der Waals surface area contributed by atoms with Crippen molar-refractivity contribution in [1.29, 1.82) is 0 Å². The number of carbonyl (C=O) groups excluding carboxylic acids is 1. The molecule has 1 aliphatic rings. The summed E-state index contributed by atoms with van der Waals surface area (Å²) in [5, 5.41) is 5.16. The average molecular weight is 282 g/mol. The fraction of sp³-hybridized carbons (Fsp3) is 0.462. The minimum Gasteiger partial charge on any atom is -0.336 e. The molecule has 2 rings (SSSR count). The van der Waals surface area contributed by atoms with E-state index < -0.39 is 10.0 Å². The van der Waals surface area contributed by atoms with Crippen LogP contribution in [0.3, 0.4) is 0 Å². The molecular formula is C13H18N2O3S. The number of nitrogens with zero attached hydrogens (tertiary/aromatic N) is 1. The number of benzene rings is 1. The molecule has 1 fully saturated rings. The first-order chi connectivity index (χ1) is 8.95. The van der Waals surface area contributed by atoms with E-state index in [1.165, 1.54) is 12.1 Å². The Kier molecular flexibility index (Phi) is 3.91. The maximum atomic E-state index is 12.5. The number of hydrogen-bond donors (Lipinski definition) is 1. The first-order valence-electron chi connectivity index (χ1n) is 6.38. The Bertz CT molecular complexity index is 579. The maximum absolute atomic E-state index is 12.5. The number of sulfonamides is 1. The Morgan fingerprint density at radius 2 is 2.00 bits per heavy atom. The molecule has 19 heavy (non-hydrogen) atoms. The molecule has 0 aliphatic heterocycles.